The van der Waals surface area contributed by atoms with E-state index in [2.05, 4.69) is 25.3 Å². The quantitative estimate of drug-likeness (QED) is 0.518. The zero-order chi connectivity index (χ0) is 9.98. The minimum absolute atomic E-state index is 0. The fourth-order valence-corrected chi connectivity index (χ4v) is 0.390. The molecule has 2 unspecified atom stereocenters. The van der Waals surface area contributed by atoms with E-state index in [-0.39, 0.29) is 18.5 Å². The lowest BCUT2D eigenvalue weighted by atomic mass is 9.75. The SMILES string of the molecule is C.[B]CC(S)CS.[B]CC([B])CC. The van der Waals surface area contributed by atoms with Crippen molar-refractivity contribution in [3.8, 4) is 0 Å². The second-order valence-corrected chi connectivity index (χ2v) is 3.57. The summed E-state index contributed by atoms with van der Waals surface area (Å²) in [6, 6.07) is 0. The molecule has 0 aliphatic carbocycles. The molecule has 0 bridgehead atoms. The van der Waals surface area contributed by atoms with E-state index in [0.29, 0.717) is 12.6 Å². The first kappa shape index (κ1) is 19.5. The Morgan fingerprint density at radius 1 is 1.23 bits per heavy atom. The summed E-state index contributed by atoms with van der Waals surface area (Å²) < 4.78 is 0. The van der Waals surface area contributed by atoms with Crippen molar-refractivity contribution in [1.29, 1.82) is 0 Å². The summed E-state index contributed by atoms with van der Waals surface area (Å²) >= 11 is 7.97. The topological polar surface area (TPSA) is 0 Å². The van der Waals surface area contributed by atoms with Crippen LogP contribution in [0.4, 0.5) is 0 Å². The molecule has 0 aromatic carbocycles. The van der Waals surface area contributed by atoms with E-state index in [9.17, 15) is 0 Å². The van der Waals surface area contributed by atoms with Gasteiger partial charge in [-0.15, -0.1) is 0 Å². The molecule has 0 saturated carbocycles. The van der Waals surface area contributed by atoms with Crippen LogP contribution < -0.4 is 0 Å². The Bertz CT molecular complexity index is 65.8. The van der Waals surface area contributed by atoms with Crippen molar-refractivity contribution in [3.63, 3.8) is 0 Å². The molecule has 0 nitrogen and oxygen atoms in total. The van der Waals surface area contributed by atoms with Gasteiger partial charge in [0.1, 0.15) is 0 Å². The third-order valence-corrected chi connectivity index (χ3v) is 2.43. The van der Waals surface area contributed by atoms with Crippen LogP contribution in [0.2, 0.25) is 18.5 Å². The minimum atomic E-state index is 0. The monoisotopic (exact) mass is 212 g/mol. The van der Waals surface area contributed by atoms with E-state index in [1.54, 1.807) is 0 Å². The molecule has 0 spiro atoms. The molecular weight excluding hydrogens is 193 g/mol. The Kier molecular flexibility index (Phi) is 23.0. The second kappa shape index (κ2) is 15.4. The first-order valence-corrected chi connectivity index (χ1v) is 5.21. The molecule has 0 aliphatic heterocycles. The Labute approximate surface area is 99.1 Å². The fraction of sp³-hybridized carbons (Fsp3) is 1.00. The van der Waals surface area contributed by atoms with Gasteiger partial charge in [0, 0.05) is 11.0 Å². The second-order valence-electron chi connectivity index (χ2n) is 2.48. The highest BCUT2D eigenvalue weighted by Gasteiger charge is 1.90. The van der Waals surface area contributed by atoms with Crippen LogP contribution in [0.25, 0.3) is 0 Å². The van der Waals surface area contributed by atoms with Crippen molar-refractivity contribution >= 4 is 48.8 Å². The zero-order valence-electron chi connectivity index (χ0n) is 7.61. The maximum absolute atomic E-state index is 5.35. The molecule has 2 atom stereocenters. The standard InChI is InChI=1S/C4H8B2.C3H7BS2.CH4/c1-2-4(6)3-5;4-1-3(6)2-5;/h4H,2-3H2,1H3;3,5-6H,1-2H2;1H4. The van der Waals surface area contributed by atoms with Crippen molar-refractivity contribution in [2.24, 2.45) is 0 Å². The smallest absolute Gasteiger partial charge is 0.0689 e. The van der Waals surface area contributed by atoms with Crippen molar-refractivity contribution < 1.29 is 0 Å². The Balaban J connectivity index is -0.000000143. The normalized spacial score (nSPS) is 13.2. The molecule has 0 heterocycles. The van der Waals surface area contributed by atoms with Gasteiger partial charge in [0.15, 0.2) is 0 Å². The average Bonchev–Trinajstić information content (AvgIpc) is 2.16. The predicted molar refractivity (Wildman–Crippen MR) is 74.3 cm³/mol. The van der Waals surface area contributed by atoms with Crippen molar-refractivity contribution in [2.45, 2.75) is 44.5 Å². The lowest BCUT2D eigenvalue weighted by Gasteiger charge is -1.99. The van der Waals surface area contributed by atoms with E-state index < -0.39 is 0 Å². The summed E-state index contributed by atoms with van der Waals surface area (Å²) in [6.07, 6.45) is 2.21. The lowest BCUT2D eigenvalue weighted by Crippen LogP contribution is -1.96. The molecule has 0 rings (SSSR count). The maximum atomic E-state index is 5.35. The van der Waals surface area contributed by atoms with E-state index in [1.807, 2.05) is 6.92 Å². The van der Waals surface area contributed by atoms with E-state index in [0.717, 1.165) is 12.2 Å². The van der Waals surface area contributed by atoms with Gasteiger partial charge in [0.2, 0.25) is 0 Å². The molecule has 0 aliphatic rings. The fourth-order valence-electron chi connectivity index (χ4n) is 0.241. The summed E-state index contributed by atoms with van der Waals surface area (Å²) in [6.45, 7) is 2.03. The Morgan fingerprint density at radius 3 is 1.69 bits per heavy atom. The van der Waals surface area contributed by atoms with Crippen LogP contribution in [0.5, 0.6) is 0 Å². The van der Waals surface area contributed by atoms with Gasteiger partial charge >= 0.3 is 0 Å². The van der Waals surface area contributed by atoms with Crippen molar-refractivity contribution in [1.82, 2.24) is 0 Å². The number of hydrogen-bond acceptors (Lipinski definition) is 2. The highest BCUT2D eigenvalue weighted by atomic mass is 32.1. The van der Waals surface area contributed by atoms with Crippen LogP contribution in [-0.2, 0) is 0 Å². The largest absolute Gasteiger partial charge is 0.178 e. The molecule has 0 aromatic heterocycles. The Morgan fingerprint density at radius 2 is 1.69 bits per heavy atom. The van der Waals surface area contributed by atoms with Gasteiger partial charge in [0.25, 0.3) is 0 Å². The van der Waals surface area contributed by atoms with E-state index in [1.165, 1.54) is 0 Å². The molecule has 0 aromatic rings. The molecule has 0 N–H and O–H groups in total. The molecule has 0 saturated heterocycles. The van der Waals surface area contributed by atoms with Crippen LogP contribution in [-0.4, -0.2) is 34.5 Å². The first-order valence-electron chi connectivity index (χ1n) is 4.06. The summed E-state index contributed by atoms with van der Waals surface area (Å²) in [5.74, 6) is 0.976. The molecule has 0 amide bonds. The molecule has 6 radical (unpaired) electrons. The number of thiol groups is 2. The van der Waals surface area contributed by atoms with Gasteiger partial charge < -0.3 is 0 Å². The van der Waals surface area contributed by atoms with E-state index in [4.69, 9.17) is 23.5 Å². The van der Waals surface area contributed by atoms with Gasteiger partial charge in [-0.2, -0.15) is 25.3 Å². The van der Waals surface area contributed by atoms with Crippen LogP contribution in [0, 0.1) is 0 Å². The number of rotatable bonds is 4. The summed E-state index contributed by atoms with van der Waals surface area (Å²) in [5, 5.41) is 0.272. The third kappa shape index (κ3) is 19.3. The molecule has 0 fully saturated rings. The van der Waals surface area contributed by atoms with Crippen LogP contribution >= 0.6 is 25.3 Å². The highest BCUT2D eigenvalue weighted by Crippen LogP contribution is 2.05. The molecule has 13 heavy (non-hydrogen) atoms. The molecule has 5 heteroatoms. The van der Waals surface area contributed by atoms with Gasteiger partial charge in [-0.1, -0.05) is 39.2 Å². The van der Waals surface area contributed by atoms with Gasteiger partial charge in [-0.25, -0.2) is 0 Å². The maximum Gasteiger partial charge on any atom is 0.0689 e. The van der Waals surface area contributed by atoms with Crippen LogP contribution in [0.1, 0.15) is 20.8 Å². The van der Waals surface area contributed by atoms with Gasteiger partial charge in [-0.3, -0.25) is 0 Å². The predicted octanol–water partition coefficient (Wildman–Crippen LogP) is 2.38. The summed E-state index contributed by atoms with van der Waals surface area (Å²) in [4.78, 5) is 0. The molecule has 72 valence electrons. The third-order valence-electron chi connectivity index (χ3n) is 1.31. The van der Waals surface area contributed by atoms with Crippen LogP contribution in [0.15, 0.2) is 0 Å². The van der Waals surface area contributed by atoms with Gasteiger partial charge in [-0.05, 0) is 0 Å². The van der Waals surface area contributed by atoms with Gasteiger partial charge in [0.05, 0.1) is 23.5 Å². The summed E-state index contributed by atoms with van der Waals surface area (Å²) in [7, 11) is 15.7. The minimum Gasteiger partial charge on any atom is -0.178 e. The Hall–Kier alpha value is 0.895. The average molecular weight is 212 g/mol. The lowest BCUT2D eigenvalue weighted by molar-refractivity contribution is 0.878. The first-order chi connectivity index (χ1) is 5.62. The number of hydrogen-bond donors (Lipinski definition) is 2. The zero-order valence-corrected chi connectivity index (χ0v) is 9.40. The van der Waals surface area contributed by atoms with Crippen molar-refractivity contribution in [2.75, 3.05) is 5.75 Å². The van der Waals surface area contributed by atoms with Crippen molar-refractivity contribution in [3.05, 3.63) is 0 Å². The van der Waals surface area contributed by atoms with E-state index >= 15 is 0 Å². The summed E-state index contributed by atoms with van der Waals surface area (Å²) in [5.41, 5.74) is 0. The van der Waals surface area contributed by atoms with Crippen LogP contribution in [0.3, 0.4) is 0 Å². The highest BCUT2D eigenvalue weighted by molar-refractivity contribution is 7.84. The molecular formula is C8H19B3S2.